The number of ether oxygens (including phenoxy) is 2. The minimum Gasteiger partial charge on any atom is -0.493 e. The fourth-order valence-corrected chi connectivity index (χ4v) is 2.41. The largest absolute Gasteiger partial charge is 0.493 e. The topological polar surface area (TPSA) is 72.1 Å². The molecule has 0 bridgehead atoms. The lowest BCUT2D eigenvalue weighted by atomic mass is 10.1. The van der Waals surface area contributed by atoms with Crippen LogP contribution < -0.4 is 14.8 Å². The number of methoxy groups -OCH3 is 2. The maximum atomic E-state index is 5.39. The van der Waals surface area contributed by atoms with Crippen molar-refractivity contribution in [3.63, 3.8) is 0 Å². The molecule has 0 radical (unpaired) electrons. The molecule has 25 heavy (non-hydrogen) atoms. The number of aliphatic imine (C=N–C) groups is 1. The highest BCUT2D eigenvalue weighted by Crippen LogP contribution is 2.30. The van der Waals surface area contributed by atoms with Gasteiger partial charge in [0.2, 0.25) is 0 Å². The molecule has 0 aliphatic heterocycles. The van der Waals surface area contributed by atoms with Gasteiger partial charge in [-0.3, -0.25) is 4.99 Å². The van der Waals surface area contributed by atoms with Crippen molar-refractivity contribution >= 4 is 29.9 Å². The van der Waals surface area contributed by atoms with Crippen LogP contribution in [-0.4, -0.2) is 44.3 Å². The molecule has 1 heterocycles. The molecule has 8 heteroatoms. The Kier molecular flexibility index (Phi) is 8.53. The summed E-state index contributed by atoms with van der Waals surface area (Å²) in [7, 11) is 7.01. The van der Waals surface area contributed by atoms with E-state index in [0.717, 1.165) is 34.3 Å². The molecule has 0 amide bonds. The second-order valence-corrected chi connectivity index (χ2v) is 5.38. The summed E-state index contributed by atoms with van der Waals surface area (Å²) in [6.07, 6.45) is 1.55. The van der Waals surface area contributed by atoms with E-state index < -0.39 is 0 Å². The number of hydrogen-bond acceptors (Lipinski definition) is 5. The van der Waals surface area contributed by atoms with Gasteiger partial charge in [-0.05, 0) is 30.2 Å². The number of rotatable bonds is 6. The van der Waals surface area contributed by atoms with Crippen LogP contribution in [0.4, 0.5) is 0 Å². The summed E-state index contributed by atoms with van der Waals surface area (Å²) < 4.78 is 15.6. The van der Waals surface area contributed by atoms with Crippen LogP contribution >= 0.6 is 24.0 Å². The Morgan fingerprint density at radius 2 is 1.96 bits per heavy atom. The Bertz CT molecular complexity index is 689. The smallest absolute Gasteiger partial charge is 0.194 e. The SMILES string of the molecule is CN=C(NCc1ccon1)N(C)Cc1cc(OC)c(OC)cc1C.I. The highest BCUT2D eigenvalue weighted by Gasteiger charge is 2.12. The van der Waals surface area contributed by atoms with E-state index in [1.54, 1.807) is 27.5 Å². The Morgan fingerprint density at radius 3 is 2.52 bits per heavy atom. The maximum absolute atomic E-state index is 5.39. The number of aryl methyl sites for hydroxylation is 1. The number of benzene rings is 1. The first kappa shape index (κ1) is 21.1. The third-order valence-electron chi connectivity index (χ3n) is 3.74. The van der Waals surface area contributed by atoms with E-state index >= 15 is 0 Å². The number of guanidine groups is 1. The van der Waals surface area contributed by atoms with Gasteiger partial charge in [-0.1, -0.05) is 5.16 Å². The molecular formula is C17H25IN4O3. The predicted octanol–water partition coefficient (Wildman–Crippen LogP) is 2.83. The molecule has 2 aromatic rings. The van der Waals surface area contributed by atoms with Crippen LogP contribution in [0, 0.1) is 6.92 Å². The third-order valence-corrected chi connectivity index (χ3v) is 3.74. The van der Waals surface area contributed by atoms with E-state index in [0.29, 0.717) is 13.1 Å². The van der Waals surface area contributed by atoms with Crippen molar-refractivity contribution in [2.45, 2.75) is 20.0 Å². The molecule has 138 valence electrons. The number of nitrogens with one attached hydrogen (secondary N) is 1. The molecule has 1 aromatic heterocycles. The van der Waals surface area contributed by atoms with Gasteiger partial charge in [-0.2, -0.15) is 0 Å². The molecule has 2 rings (SSSR count). The fourth-order valence-electron chi connectivity index (χ4n) is 2.41. The molecule has 7 nitrogen and oxygen atoms in total. The molecular weight excluding hydrogens is 435 g/mol. The molecule has 1 aromatic carbocycles. The van der Waals surface area contributed by atoms with Crippen molar-refractivity contribution in [3.8, 4) is 11.5 Å². The van der Waals surface area contributed by atoms with Crippen LogP contribution in [0.1, 0.15) is 16.8 Å². The molecule has 1 N–H and O–H groups in total. The monoisotopic (exact) mass is 460 g/mol. The van der Waals surface area contributed by atoms with Crippen molar-refractivity contribution < 1.29 is 14.0 Å². The lowest BCUT2D eigenvalue weighted by Crippen LogP contribution is -2.38. The van der Waals surface area contributed by atoms with Gasteiger partial charge in [-0.15, -0.1) is 24.0 Å². The van der Waals surface area contributed by atoms with Crippen molar-refractivity contribution in [2.24, 2.45) is 4.99 Å². The molecule has 0 aliphatic carbocycles. The lowest BCUT2D eigenvalue weighted by molar-refractivity contribution is 0.353. The van der Waals surface area contributed by atoms with Crippen molar-refractivity contribution in [2.75, 3.05) is 28.3 Å². The summed E-state index contributed by atoms with van der Waals surface area (Å²) in [5.74, 6) is 2.22. The van der Waals surface area contributed by atoms with Crippen LogP contribution in [-0.2, 0) is 13.1 Å². The number of aromatic nitrogens is 1. The number of hydrogen-bond donors (Lipinski definition) is 1. The second kappa shape index (κ2) is 10.1. The quantitative estimate of drug-likeness (QED) is 0.406. The Hall–Kier alpha value is -1.97. The number of nitrogens with zero attached hydrogens (tertiary/aromatic N) is 3. The molecule has 0 spiro atoms. The summed E-state index contributed by atoms with van der Waals surface area (Å²) in [5.41, 5.74) is 3.10. The Morgan fingerprint density at radius 1 is 1.28 bits per heavy atom. The molecule has 0 aliphatic rings. The summed E-state index contributed by atoms with van der Waals surface area (Å²) in [6, 6.07) is 5.79. The maximum Gasteiger partial charge on any atom is 0.194 e. The average molecular weight is 460 g/mol. The van der Waals surface area contributed by atoms with Gasteiger partial charge >= 0.3 is 0 Å². The highest BCUT2D eigenvalue weighted by molar-refractivity contribution is 14.0. The van der Waals surface area contributed by atoms with Gasteiger partial charge in [0.05, 0.1) is 20.8 Å². The van der Waals surface area contributed by atoms with Crippen LogP contribution in [0.2, 0.25) is 0 Å². The molecule has 0 fully saturated rings. The van der Waals surface area contributed by atoms with E-state index in [2.05, 4.69) is 22.4 Å². The fraction of sp³-hybridized carbons (Fsp3) is 0.412. The first-order valence-electron chi connectivity index (χ1n) is 7.61. The van der Waals surface area contributed by atoms with Crippen molar-refractivity contribution in [1.82, 2.24) is 15.4 Å². The Labute approximate surface area is 165 Å². The van der Waals surface area contributed by atoms with Gasteiger partial charge in [0, 0.05) is 26.7 Å². The molecule has 0 saturated carbocycles. The molecule has 0 unspecified atom stereocenters. The van der Waals surface area contributed by atoms with Crippen LogP contribution in [0.5, 0.6) is 11.5 Å². The van der Waals surface area contributed by atoms with Crippen LogP contribution in [0.15, 0.2) is 34.0 Å². The zero-order valence-corrected chi connectivity index (χ0v) is 17.5. The first-order valence-corrected chi connectivity index (χ1v) is 7.61. The van der Waals surface area contributed by atoms with E-state index in [9.17, 15) is 0 Å². The first-order chi connectivity index (χ1) is 11.6. The van der Waals surface area contributed by atoms with E-state index in [4.69, 9.17) is 14.0 Å². The minimum absolute atomic E-state index is 0. The normalized spacial score (nSPS) is 10.8. The van der Waals surface area contributed by atoms with Crippen molar-refractivity contribution in [3.05, 3.63) is 41.3 Å². The molecule has 0 saturated heterocycles. The van der Waals surface area contributed by atoms with Gasteiger partial charge in [0.15, 0.2) is 17.5 Å². The standard InChI is InChI=1S/C17H24N4O3.HI/c1-12-8-15(22-4)16(23-5)9-13(12)11-21(3)17(18-2)19-10-14-6-7-24-20-14;/h6-9H,10-11H2,1-5H3,(H,18,19);1H. The van der Waals surface area contributed by atoms with Gasteiger partial charge < -0.3 is 24.2 Å². The lowest BCUT2D eigenvalue weighted by Gasteiger charge is -2.23. The minimum atomic E-state index is 0. The summed E-state index contributed by atoms with van der Waals surface area (Å²) >= 11 is 0. The molecule has 0 atom stereocenters. The van der Waals surface area contributed by atoms with Crippen molar-refractivity contribution in [1.29, 1.82) is 0 Å². The second-order valence-electron chi connectivity index (χ2n) is 5.38. The summed E-state index contributed by atoms with van der Waals surface area (Å²) in [5, 5.41) is 7.14. The highest BCUT2D eigenvalue weighted by atomic mass is 127. The summed E-state index contributed by atoms with van der Waals surface area (Å²) in [4.78, 5) is 6.34. The van der Waals surface area contributed by atoms with Crippen LogP contribution in [0.3, 0.4) is 0 Å². The van der Waals surface area contributed by atoms with E-state index in [1.165, 1.54) is 0 Å². The van der Waals surface area contributed by atoms with Gasteiger partial charge in [-0.25, -0.2) is 0 Å². The van der Waals surface area contributed by atoms with Crippen LogP contribution in [0.25, 0.3) is 0 Å². The van der Waals surface area contributed by atoms with E-state index in [-0.39, 0.29) is 24.0 Å². The Balaban J connectivity index is 0.00000312. The van der Waals surface area contributed by atoms with Gasteiger partial charge in [0.25, 0.3) is 0 Å². The average Bonchev–Trinajstić information content (AvgIpc) is 3.10. The van der Waals surface area contributed by atoms with Gasteiger partial charge in [0.1, 0.15) is 12.0 Å². The zero-order chi connectivity index (χ0) is 17.5. The summed E-state index contributed by atoms with van der Waals surface area (Å²) in [6.45, 7) is 3.29. The zero-order valence-electron chi connectivity index (χ0n) is 15.2. The predicted molar refractivity (Wildman–Crippen MR) is 108 cm³/mol. The van der Waals surface area contributed by atoms with E-state index in [1.807, 2.05) is 30.1 Å². The number of halogens is 1. The third kappa shape index (κ3) is 5.52.